The molecule has 1 aromatic rings. The van der Waals surface area contributed by atoms with Crippen molar-refractivity contribution in [3.63, 3.8) is 0 Å². The number of aromatic amines is 1. The number of ether oxygens (including phenoxy) is 1. The molecule has 0 aliphatic carbocycles. The van der Waals surface area contributed by atoms with Gasteiger partial charge >= 0.3 is 0 Å². The van der Waals surface area contributed by atoms with Crippen molar-refractivity contribution in [2.45, 2.75) is 19.3 Å². The van der Waals surface area contributed by atoms with Crippen molar-refractivity contribution in [1.82, 2.24) is 15.3 Å². The van der Waals surface area contributed by atoms with Crippen LogP contribution in [0.4, 0.5) is 0 Å². The molecule has 1 aliphatic rings. The van der Waals surface area contributed by atoms with Crippen molar-refractivity contribution < 1.29 is 4.74 Å². The summed E-state index contributed by atoms with van der Waals surface area (Å²) in [6.07, 6.45) is 7.15. The van der Waals surface area contributed by atoms with Gasteiger partial charge in [-0.05, 0) is 18.8 Å². The van der Waals surface area contributed by atoms with Gasteiger partial charge in [0.1, 0.15) is 5.82 Å². The highest BCUT2D eigenvalue weighted by atomic mass is 16.5. The molecule has 0 saturated carbocycles. The van der Waals surface area contributed by atoms with Gasteiger partial charge in [0.25, 0.3) is 0 Å². The fourth-order valence-corrected chi connectivity index (χ4v) is 1.92. The van der Waals surface area contributed by atoms with Crippen LogP contribution >= 0.6 is 0 Å². The van der Waals surface area contributed by atoms with E-state index in [4.69, 9.17) is 4.74 Å². The van der Waals surface area contributed by atoms with Crippen LogP contribution in [0.15, 0.2) is 12.4 Å². The SMILES string of the molecule is c1c[nH]c(CCNCC2CCCOC2)n1. The summed E-state index contributed by atoms with van der Waals surface area (Å²) in [4.78, 5) is 7.28. The van der Waals surface area contributed by atoms with Gasteiger partial charge in [0, 0.05) is 38.5 Å². The first kappa shape index (κ1) is 10.6. The average Bonchev–Trinajstić information content (AvgIpc) is 2.79. The Kier molecular flexibility index (Phi) is 4.17. The molecule has 0 bridgehead atoms. The van der Waals surface area contributed by atoms with Gasteiger partial charge in [-0.3, -0.25) is 0 Å². The van der Waals surface area contributed by atoms with Gasteiger partial charge in [-0.2, -0.15) is 0 Å². The fourth-order valence-electron chi connectivity index (χ4n) is 1.92. The fraction of sp³-hybridized carbons (Fsp3) is 0.727. The van der Waals surface area contributed by atoms with E-state index in [1.54, 1.807) is 6.20 Å². The number of nitrogens with one attached hydrogen (secondary N) is 2. The largest absolute Gasteiger partial charge is 0.381 e. The second-order valence-corrected chi connectivity index (χ2v) is 4.07. The van der Waals surface area contributed by atoms with E-state index < -0.39 is 0 Å². The zero-order valence-electron chi connectivity index (χ0n) is 9.04. The number of rotatable bonds is 5. The molecule has 1 unspecified atom stereocenters. The van der Waals surface area contributed by atoms with Crippen LogP contribution in [0.2, 0.25) is 0 Å². The number of imidazole rings is 1. The Morgan fingerprint density at radius 3 is 3.33 bits per heavy atom. The highest BCUT2D eigenvalue weighted by Gasteiger charge is 2.12. The van der Waals surface area contributed by atoms with Crippen LogP contribution in [0.1, 0.15) is 18.7 Å². The number of aromatic nitrogens is 2. The predicted octanol–water partition coefficient (Wildman–Crippen LogP) is 0.968. The van der Waals surface area contributed by atoms with Crippen molar-refractivity contribution >= 4 is 0 Å². The Bertz CT molecular complexity index is 255. The third kappa shape index (κ3) is 3.64. The molecule has 2 N–H and O–H groups in total. The number of hydrogen-bond acceptors (Lipinski definition) is 3. The molecule has 84 valence electrons. The molecule has 1 aromatic heterocycles. The van der Waals surface area contributed by atoms with Gasteiger partial charge in [0.05, 0.1) is 6.61 Å². The van der Waals surface area contributed by atoms with Crippen molar-refractivity contribution in [1.29, 1.82) is 0 Å². The maximum atomic E-state index is 5.43. The van der Waals surface area contributed by atoms with E-state index >= 15 is 0 Å². The van der Waals surface area contributed by atoms with E-state index in [-0.39, 0.29) is 0 Å². The van der Waals surface area contributed by atoms with Gasteiger partial charge in [0.2, 0.25) is 0 Å². The zero-order valence-corrected chi connectivity index (χ0v) is 9.04. The Labute approximate surface area is 90.4 Å². The highest BCUT2D eigenvalue weighted by molar-refractivity contribution is 4.87. The van der Waals surface area contributed by atoms with Crippen LogP contribution in [0.3, 0.4) is 0 Å². The topological polar surface area (TPSA) is 49.9 Å². The van der Waals surface area contributed by atoms with E-state index in [0.717, 1.165) is 38.5 Å². The summed E-state index contributed by atoms with van der Waals surface area (Å²) < 4.78 is 5.43. The summed E-state index contributed by atoms with van der Waals surface area (Å²) in [5, 5.41) is 3.45. The molecule has 1 saturated heterocycles. The maximum Gasteiger partial charge on any atom is 0.107 e. The minimum Gasteiger partial charge on any atom is -0.381 e. The van der Waals surface area contributed by atoms with E-state index in [0.29, 0.717) is 5.92 Å². The third-order valence-electron chi connectivity index (χ3n) is 2.78. The molecule has 1 atom stereocenters. The Morgan fingerprint density at radius 2 is 2.60 bits per heavy atom. The summed E-state index contributed by atoms with van der Waals surface area (Å²) in [5.41, 5.74) is 0. The normalized spacial score (nSPS) is 21.7. The molecule has 15 heavy (non-hydrogen) atoms. The first-order valence-electron chi connectivity index (χ1n) is 5.72. The molecule has 4 nitrogen and oxygen atoms in total. The number of nitrogens with zero attached hydrogens (tertiary/aromatic N) is 1. The lowest BCUT2D eigenvalue weighted by molar-refractivity contribution is 0.0549. The number of hydrogen-bond donors (Lipinski definition) is 2. The van der Waals surface area contributed by atoms with Gasteiger partial charge < -0.3 is 15.0 Å². The van der Waals surface area contributed by atoms with Crippen LogP contribution in [-0.4, -0.2) is 36.3 Å². The van der Waals surface area contributed by atoms with E-state index in [1.807, 2.05) is 6.20 Å². The zero-order chi connectivity index (χ0) is 10.3. The molecular formula is C11H19N3O. The summed E-state index contributed by atoms with van der Waals surface area (Å²) in [6.45, 7) is 3.93. The molecule has 2 rings (SSSR count). The van der Waals surface area contributed by atoms with Crippen molar-refractivity contribution in [3.05, 3.63) is 18.2 Å². The van der Waals surface area contributed by atoms with E-state index in [9.17, 15) is 0 Å². The second-order valence-electron chi connectivity index (χ2n) is 4.07. The Balaban J connectivity index is 1.54. The molecule has 2 heterocycles. The van der Waals surface area contributed by atoms with Crippen molar-refractivity contribution in [3.8, 4) is 0 Å². The minimum atomic E-state index is 0.704. The lowest BCUT2D eigenvalue weighted by Crippen LogP contribution is -2.30. The molecule has 0 aromatic carbocycles. The van der Waals surface area contributed by atoms with Crippen molar-refractivity contribution in [2.75, 3.05) is 26.3 Å². The van der Waals surface area contributed by atoms with Gasteiger partial charge in [-0.15, -0.1) is 0 Å². The molecule has 1 fully saturated rings. The van der Waals surface area contributed by atoms with Gasteiger partial charge in [-0.25, -0.2) is 4.98 Å². The first-order valence-corrected chi connectivity index (χ1v) is 5.72. The lowest BCUT2D eigenvalue weighted by atomic mass is 10.0. The molecule has 0 amide bonds. The van der Waals surface area contributed by atoms with Crippen molar-refractivity contribution in [2.24, 2.45) is 5.92 Å². The molecule has 0 radical (unpaired) electrons. The minimum absolute atomic E-state index is 0.704. The molecule has 1 aliphatic heterocycles. The number of H-pyrrole nitrogens is 1. The summed E-state index contributed by atoms with van der Waals surface area (Å²) in [6, 6.07) is 0. The quantitative estimate of drug-likeness (QED) is 0.710. The standard InChI is InChI=1S/C11H19N3O/c1-2-10(9-15-7-1)8-12-4-3-11-13-5-6-14-11/h5-6,10,12H,1-4,7-9H2,(H,13,14). The second kappa shape index (κ2) is 5.88. The van der Waals surface area contributed by atoms with Crippen LogP contribution in [0.5, 0.6) is 0 Å². The monoisotopic (exact) mass is 209 g/mol. The van der Waals surface area contributed by atoms with Crippen LogP contribution in [-0.2, 0) is 11.2 Å². The van der Waals surface area contributed by atoms with Crippen LogP contribution in [0, 0.1) is 5.92 Å². The van der Waals surface area contributed by atoms with Gasteiger partial charge in [-0.1, -0.05) is 0 Å². The average molecular weight is 209 g/mol. The maximum absolute atomic E-state index is 5.43. The van der Waals surface area contributed by atoms with Crippen LogP contribution in [0.25, 0.3) is 0 Å². The molecular weight excluding hydrogens is 190 g/mol. The first-order chi connectivity index (χ1) is 7.45. The summed E-state index contributed by atoms with van der Waals surface area (Å²) >= 11 is 0. The molecule has 4 heteroatoms. The smallest absolute Gasteiger partial charge is 0.107 e. The van der Waals surface area contributed by atoms with Crippen LogP contribution < -0.4 is 5.32 Å². The molecule has 0 spiro atoms. The summed E-state index contributed by atoms with van der Waals surface area (Å²) in [5.74, 6) is 1.76. The van der Waals surface area contributed by atoms with E-state index in [1.165, 1.54) is 12.8 Å². The summed E-state index contributed by atoms with van der Waals surface area (Å²) in [7, 11) is 0. The Hall–Kier alpha value is -0.870. The lowest BCUT2D eigenvalue weighted by Gasteiger charge is -2.22. The highest BCUT2D eigenvalue weighted by Crippen LogP contribution is 2.11. The predicted molar refractivity (Wildman–Crippen MR) is 58.7 cm³/mol. The Morgan fingerprint density at radius 1 is 1.60 bits per heavy atom. The van der Waals surface area contributed by atoms with E-state index in [2.05, 4.69) is 15.3 Å². The third-order valence-corrected chi connectivity index (χ3v) is 2.78. The van der Waals surface area contributed by atoms with Gasteiger partial charge in [0.15, 0.2) is 0 Å².